The highest BCUT2D eigenvalue weighted by Gasteiger charge is 1.97. The molecule has 0 spiro atoms. The molecule has 0 N–H and O–H groups in total. The lowest BCUT2D eigenvalue weighted by Crippen LogP contribution is -2.11. The van der Waals surface area contributed by atoms with Crippen LogP contribution in [0.1, 0.15) is 26.2 Å². The summed E-state index contributed by atoms with van der Waals surface area (Å²) in [6.45, 7) is 2.06. The Morgan fingerprint density at radius 2 is 2.05 bits per heavy atom. The normalized spacial score (nSPS) is 11.5. The number of hydrogen-bond acceptors (Lipinski definition) is 2. The van der Waals surface area contributed by atoms with Crippen molar-refractivity contribution in [3.05, 3.63) is 54.1 Å². The van der Waals surface area contributed by atoms with Gasteiger partial charge in [0.2, 0.25) is 5.91 Å². The van der Waals surface area contributed by atoms with Gasteiger partial charge in [0.25, 0.3) is 0 Å². The van der Waals surface area contributed by atoms with Gasteiger partial charge in [-0.1, -0.05) is 31.5 Å². The fraction of sp³-hybridized carbons (Fsp3) is 0.267. The number of carbonyl (C=O) groups is 1. The largest absolute Gasteiger partial charge is 0.273 e. The molecule has 1 heterocycles. The molecule has 4 heteroatoms. The topological polar surface area (TPSA) is 47.2 Å². The second-order valence-electron chi connectivity index (χ2n) is 4.27. The summed E-state index contributed by atoms with van der Waals surface area (Å²) >= 11 is 0. The van der Waals surface area contributed by atoms with E-state index in [9.17, 15) is 4.79 Å². The van der Waals surface area contributed by atoms with E-state index >= 15 is 0 Å². The van der Waals surface area contributed by atoms with Crippen molar-refractivity contribution < 1.29 is 4.79 Å². The van der Waals surface area contributed by atoms with Crippen LogP contribution in [0.2, 0.25) is 0 Å². The number of rotatable bonds is 4. The van der Waals surface area contributed by atoms with Crippen LogP contribution in [0.5, 0.6) is 0 Å². The zero-order valence-electron chi connectivity index (χ0n) is 11.0. The predicted octanol–water partition coefficient (Wildman–Crippen LogP) is 2.49. The first kappa shape index (κ1) is 13.2. The lowest BCUT2D eigenvalue weighted by atomic mass is 10.2. The van der Waals surface area contributed by atoms with E-state index in [0.717, 1.165) is 18.5 Å². The van der Waals surface area contributed by atoms with Crippen LogP contribution in [0.3, 0.4) is 0 Å². The van der Waals surface area contributed by atoms with Gasteiger partial charge in [-0.15, -0.1) is 0 Å². The first-order chi connectivity index (χ1) is 9.29. The third kappa shape index (κ3) is 3.88. The van der Waals surface area contributed by atoms with E-state index in [0.29, 0.717) is 11.8 Å². The van der Waals surface area contributed by atoms with Crippen molar-refractivity contribution in [1.29, 1.82) is 0 Å². The molecule has 0 saturated carbocycles. The van der Waals surface area contributed by atoms with Gasteiger partial charge in [-0.3, -0.25) is 4.79 Å². The van der Waals surface area contributed by atoms with Gasteiger partial charge in [0, 0.05) is 12.6 Å². The third-order valence-electron chi connectivity index (χ3n) is 2.72. The fourth-order valence-corrected chi connectivity index (χ4v) is 1.68. The molecule has 0 aliphatic carbocycles. The van der Waals surface area contributed by atoms with Crippen LogP contribution in [0.15, 0.2) is 53.8 Å². The molecule has 0 aliphatic rings. The molecule has 0 atom stereocenters. The molecule has 0 saturated heterocycles. The monoisotopic (exact) mass is 255 g/mol. The Labute approximate surface area is 112 Å². The quantitative estimate of drug-likeness (QED) is 0.842. The minimum Gasteiger partial charge on any atom is -0.273 e. The van der Waals surface area contributed by atoms with Gasteiger partial charge in [-0.2, -0.15) is 5.10 Å². The van der Waals surface area contributed by atoms with Gasteiger partial charge in [-0.25, -0.2) is 9.67 Å². The Hall–Kier alpha value is -2.23. The summed E-state index contributed by atoms with van der Waals surface area (Å²) in [5.74, 6) is -0.0823. The standard InChI is InChI=1S/C15H17N3O/c1-2-3-9-15(19)17-13-10-11-18(16-12-13)14-7-5-4-6-8-14/h4-8,10-12H,2-3,9H2,1H3/b17-13+. The highest BCUT2D eigenvalue weighted by atomic mass is 16.1. The van der Waals surface area contributed by atoms with Crippen LogP contribution in [0.4, 0.5) is 0 Å². The molecule has 1 amide bonds. The van der Waals surface area contributed by atoms with Crippen LogP contribution in [-0.2, 0) is 4.79 Å². The van der Waals surface area contributed by atoms with E-state index in [2.05, 4.69) is 17.0 Å². The maximum absolute atomic E-state index is 11.5. The minimum atomic E-state index is -0.0823. The molecule has 2 aromatic rings. The van der Waals surface area contributed by atoms with E-state index in [1.807, 2.05) is 30.3 Å². The zero-order chi connectivity index (χ0) is 13.5. The average molecular weight is 255 g/mol. The van der Waals surface area contributed by atoms with Gasteiger partial charge < -0.3 is 0 Å². The number of aromatic nitrogens is 2. The molecular formula is C15H17N3O. The van der Waals surface area contributed by atoms with Crippen LogP contribution >= 0.6 is 0 Å². The van der Waals surface area contributed by atoms with Crippen LogP contribution in [0, 0.1) is 0 Å². The van der Waals surface area contributed by atoms with Crippen molar-refractivity contribution in [2.45, 2.75) is 26.2 Å². The van der Waals surface area contributed by atoms with Crippen molar-refractivity contribution in [2.75, 3.05) is 0 Å². The number of carbonyl (C=O) groups excluding carboxylic acids is 1. The van der Waals surface area contributed by atoms with Gasteiger partial charge >= 0.3 is 0 Å². The van der Waals surface area contributed by atoms with E-state index < -0.39 is 0 Å². The summed E-state index contributed by atoms with van der Waals surface area (Å²) in [4.78, 5) is 15.5. The Bertz CT molecular complexity index is 582. The van der Waals surface area contributed by atoms with Crippen molar-refractivity contribution in [2.24, 2.45) is 4.99 Å². The highest BCUT2D eigenvalue weighted by molar-refractivity contribution is 5.76. The van der Waals surface area contributed by atoms with E-state index in [4.69, 9.17) is 0 Å². The molecule has 0 fully saturated rings. The van der Waals surface area contributed by atoms with Crippen molar-refractivity contribution in [3.63, 3.8) is 0 Å². The Balaban J connectivity index is 2.15. The third-order valence-corrected chi connectivity index (χ3v) is 2.72. The lowest BCUT2D eigenvalue weighted by molar-refractivity contribution is -0.118. The predicted molar refractivity (Wildman–Crippen MR) is 73.7 cm³/mol. The van der Waals surface area contributed by atoms with Gasteiger partial charge in [0.1, 0.15) is 0 Å². The number of amides is 1. The molecule has 0 bridgehead atoms. The van der Waals surface area contributed by atoms with Gasteiger partial charge in [0.05, 0.1) is 17.2 Å². The summed E-state index contributed by atoms with van der Waals surface area (Å²) in [5.41, 5.74) is 0.978. The highest BCUT2D eigenvalue weighted by Crippen LogP contribution is 2.02. The smallest absolute Gasteiger partial charge is 0.246 e. The van der Waals surface area contributed by atoms with Gasteiger partial charge in [0.15, 0.2) is 0 Å². The summed E-state index contributed by atoms with van der Waals surface area (Å²) in [6.07, 6.45) is 5.80. The molecule has 0 unspecified atom stereocenters. The summed E-state index contributed by atoms with van der Waals surface area (Å²) in [6, 6.07) is 11.6. The maximum Gasteiger partial charge on any atom is 0.246 e. The van der Waals surface area contributed by atoms with Crippen molar-refractivity contribution in [1.82, 2.24) is 9.78 Å². The van der Waals surface area contributed by atoms with E-state index in [1.54, 1.807) is 23.1 Å². The average Bonchev–Trinajstić information content (AvgIpc) is 2.47. The summed E-state index contributed by atoms with van der Waals surface area (Å²) < 4.78 is 1.75. The number of hydrogen-bond donors (Lipinski definition) is 0. The van der Waals surface area contributed by atoms with Gasteiger partial charge in [-0.05, 0) is 24.6 Å². The SMILES string of the molecule is CCCCC(=O)/N=c1\ccn(-c2ccccc2)nc1. The lowest BCUT2D eigenvalue weighted by Gasteiger charge is -2.03. The van der Waals surface area contributed by atoms with Crippen molar-refractivity contribution >= 4 is 5.91 Å². The summed E-state index contributed by atoms with van der Waals surface area (Å²) in [5, 5.41) is 4.86. The maximum atomic E-state index is 11.5. The molecule has 98 valence electrons. The first-order valence-electron chi connectivity index (χ1n) is 6.47. The summed E-state index contributed by atoms with van der Waals surface area (Å²) in [7, 11) is 0. The molecular weight excluding hydrogens is 238 g/mol. The minimum absolute atomic E-state index is 0.0823. The second-order valence-corrected chi connectivity index (χ2v) is 4.27. The first-order valence-corrected chi connectivity index (χ1v) is 6.47. The molecule has 4 nitrogen and oxygen atoms in total. The molecule has 19 heavy (non-hydrogen) atoms. The molecule has 0 aliphatic heterocycles. The number of unbranched alkanes of at least 4 members (excludes halogenated alkanes) is 1. The van der Waals surface area contributed by atoms with Crippen LogP contribution in [0.25, 0.3) is 5.69 Å². The van der Waals surface area contributed by atoms with Crippen LogP contribution < -0.4 is 5.36 Å². The molecule has 2 rings (SSSR count). The molecule has 1 aromatic carbocycles. The Morgan fingerprint density at radius 1 is 1.26 bits per heavy atom. The van der Waals surface area contributed by atoms with E-state index in [-0.39, 0.29) is 5.91 Å². The van der Waals surface area contributed by atoms with E-state index in [1.165, 1.54) is 0 Å². The number of benzene rings is 1. The van der Waals surface area contributed by atoms with Crippen molar-refractivity contribution in [3.8, 4) is 5.69 Å². The Morgan fingerprint density at radius 3 is 2.68 bits per heavy atom. The number of nitrogens with zero attached hydrogens (tertiary/aromatic N) is 3. The molecule has 0 radical (unpaired) electrons. The zero-order valence-corrected chi connectivity index (χ0v) is 11.0. The Kier molecular flexibility index (Phi) is 4.61. The number of para-hydroxylation sites is 1. The second kappa shape index (κ2) is 6.64. The fourth-order valence-electron chi connectivity index (χ4n) is 1.68. The molecule has 1 aromatic heterocycles. The van der Waals surface area contributed by atoms with Crippen LogP contribution in [-0.4, -0.2) is 15.7 Å².